The topological polar surface area (TPSA) is 97.5 Å². The minimum atomic E-state index is -3.54. The Morgan fingerprint density at radius 3 is 2.50 bits per heavy atom. The Morgan fingerprint density at radius 2 is 2.00 bits per heavy atom. The molecule has 1 aromatic carbocycles. The van der Waals surface area contributed by atoms with Crippen LogP contribution in [0.2, 0.25) is 0 Å². The van der Waals surface area contributed by atoms with Gasteiger partial charge in [0.2, 0.25) is 0 Å². The molecule has 0 amide bonds. The van der Waals surface area contributed by atoms with Crippen molar-refractivity contribution in [1.82, 2.24) is 5.16 Å². The highest BCUT2D eigenvalue weighted by Gasteiger charge is 2.20. The molecule has 0 aliphatic heterocycles. The van der Waals surface area contributed by atoms with Crippen molar-refractivity contribution in [3.05, 3.63) is 35.3 Å². The van der Waals surface area contributed by atoms with E-state index < -0.39 is 21.6 Å². The highest BCUT2D eigenvalue weighted by molar-refractivity contribution is 7.90. The predicted octanol–water partition coefficient (Wildman–Crippen LogP) is 1.89. The summed E-state index contributed by atoms with van der Waals surface area (Å²) < 4.78 is 41.8. The molecule has 0 spiro atoms. The van der Waals surface area contributed by atoms with Crippen LogP contribution >= 0.6 is 0 Å². The summed E-state index contributed by atoms with van der Waals surface area (Å²) in [7, 11) is -3.54. The Labute approximate surface area is 113 Å². The van der Waals surface area contributed by atoms with Crippen molar-refractivity contribution in [3.63, 3.8) is 0 Å². The summed E-state index contributed by atoms with van der Waals surface area (Å²) in [4.78, 5) is 10.6. The van der Waals surface area contributed by atoms with E-state index in [2.05, 4.69) is 5.16 Å². The average Bonchev–Trinajstić information content (AvgIpc) is 2.76. The maximum Gasteiger partial charge on any atom is 0.358 e. The molecule has 0 aliphatic rings. The maximum atomic E-state index is 13.9. The van der Waals surface area contributed by atoms with Gasteiger partial charge in [0.1, 0.15) is 5.82 Å². The van der Waals surface area contributed by atoms with Crippen LogP contribution in [0.25, 0.3) is 11.3 Å². The molecule has 6 nitrogen and oxygen atoms in total. The largest absolute Gasteiger partial charge is 0.476 e. The molecular weight excluding hydrogens is 289 g/mol. The number of aryl methyl sites for hydroxylation is 1. The van der Waals surface area contributed by atoms with Crippen molar-refractivity contribution in [2.45, 2.75) is 11.8 Å². The van der Waals surface area contributed by atoms with Crippen molar-refractivity contribution in [2.75, 3.05) is 6.26 Å². The number of benzene rings is 1. The molecule has 0 unspecified atom stereocenters. The average molecular weight is 299 g/mol. The van der Waals surface area contributed by atoms with E-state index in [1.807, 2.05) is 0 Å². The fraction of sp³-hybridized carbons (Fsp3) is 0.167. The number of carbonyl (C=O) groups is 1. The lowest BCUT2D eigenvalue weighted by Crippen LogP contribution is -2.01. The first kappa shape index (κ1) is 14.2. The molecular formula is C12H10FNO5S. The Bertz CT molecular complexity index is 794. The van der Waals surface area contributed by atoms with Crippen LogP contribution in [0.15, 0.2) is 27.6 Å². The third-order valence-electron chi connectivity index (χ3n) is 2.66. The van der Waals surface area contributed by atoms with E-state index in [-0.39, 0.29) is 27.5 Å². The van der Waals surface area contributed by atoms with Gasteiger partial charge < -0.3 is 9.63 Å². The number of hydrogen-bond donors (Lipinski definition) is 1. The molecule has 0 saturated carbocycles. The van der Waals surface area contributed by atoms with E-state index in [0.717, 1.165) is 24.5 Å². The number of halogens is 1. The van der Waals surface area contributed by atoms with E-state index in [1.165, 1.54) is 6.92 Å². The van der Waals surface area contributed by atoms with Gasteiger partial charge in [-0.05, 0) is 24.6 Å². The zero-order chi connectivity index (χ0) is 15.1. The molecule has 8 heteroatoms. The van der Waals surface area contributed by atoms with Gasteiger partial charge in [0.05, 0.1) is 10.5 Å². The summed E-state index contributed by atoms with van der Waals surface area (Å²) in [6.07, 6.45) is 1.00. The number of rotatable bonds is 3. The van der Waals surface area contributed by atoms with Crippen LogP contribution in [0.3, 0.4) is 0 Å². The molecule has 1 N–H and O–H groups in total. The van der Waals surface area contributed by atoms with Crippen LogP contribution in [0.4, 0.5) is 4.39 Å². The number of hydrogen-bond acceptors (Lipinski definition) is 5. The normalized spacial score (nSPS) is 11.6. The van der Waals surface area contributed by atoms with Crippen LogP contribution < -0.4 is 0 Å². The number of sulfone groups is 1. The summed E-state index contributed by atoms with van der Waals surface area (Å²) >= 11 is 0. The minimum absolute atomic E-state index is 0.0535. The fourth-order valence-corrected chi connectivity index (χ4v) is 2.72. The molecule has 0 fully saturated rings. The lowest BCUT2D eigenvalue weighted by atomic mass is 10.1. The lowest BCUT2D eigenvalue weighted by molar-refractivity contribution is 0.0686. The molecule has 0 atom stereocenters. The summed E-state index contributed by atoms with van der Waals surface area (Å²) in [5, 5.41) is 12.0. The van der Waals surface area contributed by atoms with Crippen molar-refractivity contribution in [3.8, 4) is 11.3 Å². The van der Waals surface area contributed by atoms with E-state index in [9.17, 15) is 17.6 Å². The van der Waals surface area contributed by atoms with Gasteiger partial charge >= 0.3 is 5.97 Å². The van der Waals surface area contributed by atoms with Gasteiger partial charge in [-0.25, -0.2) is 17.6 Å². The van der Waals surface area contributed by atoms with E-state index in [1.54, 1.807) is 0 Å². The smallest absolute Gasteiger partial charge is 0.358 e. The Hall–Kier alpha value is -2.22. The number of nitrogens with zero attached hydrogens (tertiary/aromatic N) is 1. The van der Waals surface area contributed by atoms with E-state index >= 15 is 0 Å². The van der Waals surface area contributed by atoms with Gasteiger partial charge in [-0.2, -0.15) is 0 Å². The van der Waals surface area contributed by atoms with Crippen LogP contribution in [0, 0.1) is 12.7 Å². The molecule has 1 heterocycles. The van der Waals surface area contributed by atoms with Gasteiger partial charge in [-0.15, -0.1) is 0 Å². The maximum absolute atomic E-state index is 13.9. The second-order valence-corrected chi connectivity index (χ2v) is 6.24. The molecule has 2 rings (SSSR count). The third kappa shape index (κ3) is 2.55. The first-order valence-corrected chi connectivity index (χ1v) is 7.30. The quantitative estimate of drug-likeness (QED) is 0.869. The summed E-state index contributed by atoms with van der Waals surface area (Å²) in [6.45, 7) is 1.46. The van der Waals surface area contributed by atoms with Crippen LogP contribution in [0.1, 0.15) is 16.1 Å². The van der Waals surface area contributed by atoms with Gasteiger partial charge in [-0.1, -0.05) is 5.16 Å². The van der Waals surface area contributed by atoms with E-state index in [4.69, 9.17) is 9.63 Å². The number of carboxylic acid groups (broad SMARTS) is 1. The molecule has 2 aromatic rings. The molecule has 0 radical (unpaired) electrons. The first-order chi connectivity index (χ1) is 9.20. The zero-order valence-electron chi connectivity index (χ0n) is 10.5. The highest BCUT2D eigenvalue weighted by atomic mass is 32.2. The molecule has 0 saturated heterocycles. The fourth-order valence-electron chi connectivity index (χ4n) is 1.74. The van der Waals surface area contributed by atoms with Gasteiger partial charge in [-0.3, -0.25) is 0 Å². The van der Waals surface area contributed by atoms with Crippen LogP contribution in [-0.2, 0) is 9.84 Å². The molecule has 0 aliphatic carbocycles. The predicted molar refractivity (Wildman–Crippen MR) is 66.7 cm³/mol. The van der Waals surface area contributed by atoms with Gasteiger partial charge in [0.15, 0.2) is 21.3 Å². The summed E-state index contributed by atoms with van der Waals surface area (Å²) in [5.74, 6) is -2.19. The molecule has 0 bridgehead atoms. The zero-order valence-corrected chi connectivity index (χ0v) is 11.4. The third-order valence-corrected chi connectivity index (χ3v) is 3.90. The number of aromatic nitrogens is 1. The summed E-state index contributed by atoms with van der Waals surface area (Å²) in [5.41, 5.74) is -0.288. The second-order valence-electron chi connectivity index (χ2n) is 4.25. The first-order valence-electron chi connectivity index (χ1n) is 5.40. The molecule has 106 valence electrons. The number of aromatic carboxylic acids is 1. The lowest BCUT2D eigenvalue weighted by Gasteiger charge is -2.06. The Morgan fingerprint density at radius 1 is 1.35 bits per heavy atom. The van der Waals surface area contributed by atoms with Gasteiger partial charge in [0.25, 0.3) is 0 Å². The second kappa shape index (κ2) is 4.71. The SMILES string of the molecule is Cc1cc(F)c(-c2cc(C(=O)O)no2)cc1S(C)(=O)=O. The Balaban J connectivity index is 2.64. The van der Waals surface area contributed by atoms with Crippen LogP contribution in [0.5, 0.6) is 0 Å². The Kier molecular flexibility index (Phi) is 3.34. The van der Waals surface area contributed by atoms with Crippen molar-refractivity contribution < 1.29 is 27.2 Å². The molecule has 1 aromatic heterocycles. The summed E-state index contributed by atoms with van der Waals surface area (Å²) in [6, 6.07) is 3.18. The standard InChI is InChI=1S/C12H10FNO5S/c1-6-3-8(13)7(4-11(6)20(2,17)18)10-5-9(12(15)16)14-19-10/h3-5H,1-2H3,(H,15,16). The molecule has 20 heavy (non-hydrogen) atoms. The van der Waals surface area contributed by atoms with Crippen molar-refractivity contribution in [1.29, 1.82) is 0 Å². The van der Waals surface area contributed by atoms with Crippen molar-refractivity contribution in [2.24, 2.45) is 0 Å². The monoisotopic (exact) mass is 299 g/mol. The van der Waals surface area contributed by atoms with Crippen molar-refractivity contribution >= 4 is 15.8 Å². The van der Waals surface area contributed by atoms with Gasteiger partial charge in [0, 0.05) is 12.3 Å². The minimum Gasteiger partial charge on any atom is -0.476 e. The number of carboxylic acids is 1. The highest BCUT2D eigenvalue weighted by Crippen LogP contribution is 2.28. The van der Waals surface area contributed by atoms with Crippen LogP contribution in [-0.4, -0.2) is 30.9 Å². The van der Waals surface area contributed by atoms with E-state index in [0.29, 0.717) is 0 Å².